The van der Waals surface area contributed by atoms with Crippen LogP contribution in [0, 0.1) is 0 Å². The first-order valence-electron chi connectivity index (χ1n) is 8.52. The van der Waals surface area contributed by atoms with E-state index in [0.29, 0.717) is 33.1 Å². The summed E-state index contributed by atoms with van der Waals surface area (Å²) in [6, 6.07) is 11.9. The van der Waals surface area contributed by atoms with Crippen LogP contribution in [0.1, 0.15) is 28.4 Å². The Labute approximate surface area is 173 Å². The number of nitrogens with one attached hydrogen (secondary N) is 1. The Kier molecular flexibility index (Phi) is 6.75. The fourth-order valence-corrected chi connectivity index (χ4v) is 4.06. The number of carbonyl (C=O) groups is 1. The number of nitrogens with zero attached hydrogens (tertiary/aromatic N) is 2. The molecule has 1 N–H and O–H groups in total. The number of ether oxygens (including phenoxy) is 1. The van der Waals surface area contributed by atoms with Gasteiger partial charge in [0.05, 0.1) is 17.7 Å². The van der Waals surface area contributed by atoms with Crippen LogP contribution in [0.4, 0.5) is 18.3 Å². The quantitative estimate of drug-likeness (QED) is 0.389. The van der Waals surface area contributed by atoms with Crippen LogP contribution >= 0.6 is 23.1 Å². The molecule has 3 aromatic rings. The molecule has 0 spiro atoms. The maximum atomic E-state index is 12.6. The number of hydrogen-bond acceptors (Lipinski definition) is 6. The number of carbonyl (C=O) groups excluding carboxylic acids is 1. The number of alkyl halides is 3. The van der Waals surface area contributed by atoms with Crippen molar-refractivity contribution in [3.05, 3.63) is 65.2 Å². The summed E-state index contributed by atoms with van der Waals surface area (Å²) in [6.45, 7) is 2.27. The fraction of sp³-hybridized carbons (Fsp3) is 0.211. The van der Waals surface area contributed by atoms with Crippen molar-refractivity contribution in [2.24, 2.45) is 0 Å². The summed E-state index contributed by atoms with van der Waals surface area (Å²) in [6.07, 6.45) is -4.35. The van der Waals surface area contributed by atoms with E-state index in [1.54, 1.807) is 24.3 Å². The Bertz CT molecular complexity index is 975. The largest absolute Gasteiger partial charge is 0.493 e. The van der Waals surface area contributed by atoms with Crippen molar-refractivity contribution < 1.29 is 22.7 Å². The van der Waals surface area contributed by atoms with Crippen molar-refractivity contribution in [1.82, 2.24) is 10.2 Å². The zero-order chi connectivity index (χ0) is 20.9. The van der Waals surface area contributed by atoms with Gasteiger partial charge in [-0.05, 0) is 36.8 Å². The van der Waals surface area contributed by atoms with Crippen LogP contribution in [-0.4, -0.2) is 22.7 Å². The van der Waals surface area contributed by atoms with Crippen LogP contribution in [0.15, 0.2) is 52.9 Å². The third kappa shape index (κ3) is 5.70. The molecule has 0 fully saturated rings. The van der Waals surface area contributed by atoms with Gasteiger partial charge in [-0.15, -0.1) is 10.2 Å². The van der Waals surface area contributed by atoms with Gasteiger partial charge in [0.25, 0.3) is 5.91 Å². The summed E-state index contributed by atoms with van der Waals surface area (Å²) in [4.78, 5) is 12.5. The molecular weight excluding hydrogens is 423 g/mol. The van der Waals surface area contributed by atoms with Crippen LogP contribution in [-0.2, 0) is 11.9 Å². The van der Waals surface area contributed by atoms with Crippen LogP contribution < -0.4 is 10.1 Å². The first-order valence-corrected chi connectivity index (χ1v) is 10.3. The number of aromatic nitrogens is 2. The number of anilines is 1. The molecule has 1 heterocycles. The van der Waals surface area contributed by atoms with E-state index in [9.17, 15) is 18.0 Å². The van der Waals surface area contributed by atoms with Crippen LogP contribution in [0.25, 0.3) is 0 Å². The Morgan fingerprint density at radius 3 is 2.55 bits per heavy atom. The van der Waals surface area contributed by atoms with Crippen molar-refractivity contribution in [1.29, 1.82) is 0 Å². The molecule has 5 nitrogen and oxygen atoms in total. The summed E-state index contributed by atoms with van der Waals surface area (Å²) in [5.41, 5.74) is 0.442. The second-order valence-electron chi connectivity index (χ2n) is 5.74. The molecule has 0 saturated carbocycles. The highest BCUT2D eigenvalue weighted by molar-refractivity contribution is 8.00. The van der Waals surface area contributed by atoms with E-state index in [4.69, 9.17) is 4.74 Å². The van der Waals surface area contributed by atoms with Gasteiger partial charge in [-0.3, -0.25) is 10.1 Å². The van der Waals surface area contributed by atoms with Crippen LogP contribution in [0.3, 0.4) is 0 Å². The number of thioether (sulfide) groups is 1. The molecule has 1 amide bonds. The number of para-hydroxylation sites is 1. The highest BCUT2D eigenvalue weighted by atomic mass is 32.2. The van der Waals surface area contributed by atoms with Gasteiger partial charge in [-0.2, -0.15) is 13.2 Å². The van der Waals surface area contributed by atoms with E-state index in [1.165, 1.54) is 35.2 Å². The minimum atomic E-state index is -4.35. The molecule has 0 unspecified atom stereocenters. The van der Waals surface area contributed by atoms with E-state index in [2.05, 4.69) is 15.5 Å². The Hall–Kier alpha value is -2.59. The highest BCUT2D eigenvalue weighted by Gasteiger charge is 2.29. The molecular formula is C19H16F3N3O2S2. The molecule has 0 aliphatic rings. The van der Waals surface area contributed by atoms with E-state index in [-0.39, 0.29) is 5.91 Å². The molecule has 0 bridgehead atoms. The first kappa shape index (κ1) is 21.1. The zero-order valence-corrected chi connectivity index (χ0v) is 16.8. The average molecular weight is 439 g/mol. The van der Waals surface area contributed by atoms with E-state index in [0.717, 1.165) is 17.7 Å². The van der Waals surface area contributed by atoms with Gasteiger partial charge in [-0.25, -0.2) is 0 Å². The summed E-state index contributed by atoms with van der Waals surface area (Å²) in [5, 5.41) is 11.0. The van der Waals surface area contributed by atoms with E-state index in [1.807, 2.05) is 6.92 Å². The second-order valence-corrected chi connectivity index (χ2v) is 7.94. The fourth-order valence-electron chi connectivity index (χ4n) is 2.35. The number of halogens is 3. The lowest BCUT2D eigenvalue weighted by atomic mass is 10.1. The van der Waals surface area contributed by atoms with Gasteiger partial charge in [0, 0.05) is 5.75 Å². The van der Waals surface area contributed by atoms with Gasteiger partial charge in [0.15, 0.2) is 4.34 Å². The maximum Gasteiger partial charge on any atom is 0.416 e. The normalized spacial score (nSPS) is 11.3. The van der Waals surface area contributed by atoms with Crippen molar-refractivity contribution in [2.75, 3.05) is 11.9 Å². The maximum absolute atomic E-state index is 12.6. The Morgan fingerprint density at radius 1 is 1.14 bits per heavy atom. The molecule has 0 atom stereocenters. The van der Waals surface area contributed by atoms with Crippen LogP contribution in [0.2, 0.25) is 0 Å². The lowest BCUT2D eigenvalue weighted by Crippen LogP contribution is -2.13. The molecule has 0 aliphatic heterocycles. The van der Waals surface area contributed by atoms with Crippen molar-refractivity contribution in [3.8, 4) is 5.75 Å². The molecule has 29 heavy (non-hydrogen) atoms. The van der Waals surface area contributed by atoms with Gasteiger partial charge in [-0.1, -0.05) is 47.4 Å². The number of amides is 1. The molecule has 0 saturated heterocycles. The molecule has 0 radical (unpaired) electrons. The molecule has 152 valence electrons. The third-order valence-electron chi connectivity index (χ3n) is 3.70. The van der Waals surface area contributed by atoms with Gasteiger partial charge in [0.1, 0.15) is 5.75 Å². The summed E-state index contributed by atoms with van der Waals surface area (Å²) < 4.78 is 43.9. The van der Waals surface area contributed by atoms with Crippen LogP contribution in [0.5, 0.6) is 5.75 Å². The minimum absolute atomic E-state index is 0.330. The lowest BCUT2D eigenvalue weighted by Gasteiger charge is -2.08. The van der Waals surface area contributed by atoms with E-state index < -0.39 is 11.7 Å². The predicted molar refractivity (Wildman–Crippen MR) is 106 cm³/mol. The number of benzene rings is 2. The van der Waals surface area contributed by atoms with Gasteiger partial charge >= 0.3 is 6.18 Å². The topological polar surface area (TPSA) is 64.1 Å². The van der Waals surface area contributed by atoms with Gasteiger partial charge < -0.3 is 4.74 Å². The molecule has 0 aliphatic carbocycles. The summed E-state index contributed by atoms with van der Waals surface area (Å²) >= 11 is 2.52. The highest BCUT2D eigenvalue weighted by Crippen LogP contribution is 2.32. The number of rotatable bonds is 7. The SMILES string of the molecule is CCOc1ccccc1C(=O)Nc1nnc(SCc2ccc(C(F)(F)F)cc2)s1. The molecule has 10 heteroatoms. The molecule has 3 rings (SSSR count). The third-order valence-corrected chi connectivity index (χ3v) is 5.75. The van der Waals surface area contributed by atoms with Crippen molar-refractivity contribution >= 4 is 34.1 Å². The summed E-state index contributed by atoms with van der Waals surface area (Å²) in [7, 11) is 0. The second kappa shape index (κ2) is 9.27. The zero-order valence-electron chi connectivity index (χ0n) is 15.2. The van der Waals surface area contributed by atoms with Gasteiger partial charge in [0.2, 0.25) is 5.13 Å². The first-order chi connectivity index (χ1) is 13.9. The molecule has 2 aromatic carbocycles. The summed E-state index contributed by atoms with van der Waals surface area (Å²) in [5.74, 6) is 0.562. The standard InChI is InChI=1S/C19H16F3N3O2S2/c1-2-27-15-6-4-3-5-14(15)16(26)23-17-24-25-18(29-17)28-11-12-7-9-13(10-8-12)19(20,21)22/h3-10H,2,11H2,1H3,(H,23,24,26). The number of hydrogen-bond donors (Lipinski definition) is 1. The smallest absolute Gasteiger partial charge is 0.416 e. The monoisotopic (exact) mass is 439 g/mol. The Morgan fingerprint density at radius 2 is 1.86 bits per heavy atom. The Balaban J connectivity index is 1.59. The molecule has 1 aromatic heterocycles. The van der Waals surface area contributed by atoms with Crippen molar-refractivity contribution in [2.45, 2.75) is 23.2 Å². The van der Waals surface area contributed by atoms with E-state index >= 15 is 0 Å². The minimum Gasteiger partial charge on any atom is -0.493 e. The van der Waals surface area contributed by atoms with Crippen molar-refractivity contribution in [3.63, 3.8) is 0 Å². The average Bonchev–Trinajstić information content (AvgIpc) is 3.14. The lowest BCUT2D eigenvalue weighted by molar-refractivity contribution is -0.137. The predicted octanol–water partition coefficient (Wildman–Crippen LogP) is 5.50.